The van der Waals surface area contributed by atoms with Gasteiger partial charge in [-0.2, -0.15) is 5.10 Å². The molecule has 1 aliphatic rings. The summed E-state index contributed by atoms with van der Waals surface area (Å²) in [6.45, 7) is 2.03. The summed E-state index contributed by atoms with van der Waals surface area (Å²) >= 11 is 0. The molecule has 4 rings (SSSR count). The van der Waals surface area contributed by atoms with Crippen molar-refractivity contribution in [3.8, 4) is 0 Å². The smallest absolute Gasteiger partial charge is 0.157 e. The van der Waals surface area contributed by atoms with Crippen molar-refractivity contribution in [2.45, 2.75) is 19.4 Å². The predicted octanol–water partition coefficient (Wildman–Crippen LogP) is 2.91. The van der Waals surface area contributed by atoms with Crippen molar-refractivity contribution in [3.63, 3.8) is 0 Å². The van der Waals surface area contributed by atoms with Gasteiger partial charge < -0.3 is 4.90 Å². The maximum Gasteiger partial charge on any atom is 0.157 e. The van der Waals surface area contributed by atoms with Crippen LogP contribution in [0.2, 0.25) is 0 Å². The molecule has 0 spiro atoms. The Labute approximate surface area is 117 Å². The summed E-state index contributed by atoms with van der Waals surface area (Å²) in [5.74, 6) is 0. The second-order valence-corrected chi connectivity index (χ2v) is 5.26. The topological polar surface area (TPSA) is 44.8 Å². The van der Waals surface area contributed by atoms with Gasteiger partial charge in [-0.1, -0.05) is 24.3 Å². The van der Waals surface area contributed by atoms with Crippen LogP contribution in [0.15, 0.2) is 42.7 Å². The van der Waals surface area contributed by atoms with Crippen LogP contribution in [-0.2, 0) is 13.0 Å². The first-order valence-electron chi connectivity index (χ1n) is 7.01. The summed E-state index contributed by atoms with van der Waals surface area (Å²) in [5, 5.41) is 8.16. The molecule has 0 aliphatic carbocycles. The van der Waals surface area contributed by atoms with Crippen molar-refractivity contribution in [1.29, 1.82) is 0 Å². The van der Waals surface area contributed by atoms with Crippen molar-refractivity contribution in [1.82, 2.24) is 15.2 Å². The van der Waals surface area contributed by atoms with Gasteiger partial charge in [-0.3, -0.25) is 5.10 Å². The number of hydrogen-bond donors (Lipinski definition) is 1. The van der Waals surface area contributed by atoms with Gasteiger partial charge >= 0.3 is 0 Å². The molecule has 0 saturated carbocycles. The number of pyridine rings is 1. The highest BCUT2D eigenvalue weighted by molar-refractivity contribution is 5.88. The fourth-order valence-electron chi connectivity index (χ4n) is 3.02. The van der Waals surface area contributed by atoms with Gasteiger partial charge in [0.05, 0.1) is 17.3 Å². The summed E-state index contributed by atoms with van der Waals surface area (Å²) in [7, 11) is 0. The molecule has 0 fully saturated rings. The molecule has 0 bridgehead atoms. The van der Waals surface area contributed by atoms with E-state index in [0.717, 1.165) is 30.5 Å². The summed E-state index contributed by atoms with van der Waals surface area (Å²) in [6.07, 6.45) is 6.06. The minimum Gasteiger partial charge on any atom is -0.366 e. The van der Waals surface area contributed by atoms with E-state index in [1.165, 1.54) is 23.2 Å². The summed E-state index contributed by atoms with van der Waals surface area (Å²) in [4.78, 5) is 6.76. The van der Waals surface area contributed by atoms with Gasteiger partial charge in [0.1, 0.15) is 0 Å². The van der Waals surface area contributed by atoms with Crippen LogP contribution >= 0.6 is 0 Å². The van der Waals surface area contributed by atoms with Gasteiger partial charge in [0.2, 0.25) is 0 Å². The molecule has 1 aromatic carbocycles. The lowest BCUT2D eigenvalue weighted by molar-refractivity contribution is 0.768. The number of benzene rings is 1. The number of aromatic nitrogens is 3. The molecule has 0 saturated heterocycles. The minimum absolute atomic E-state index is 0.861. The number of H-pyrrole nitrogens is 1. The summed E-state index contributed by atoms with van der Waals surface area (Å²) < 4.78 is 0. The van der Waals surface area contributed by atoms with Gasteiger partial charge in [0, 0.05) is 19.3 Å². The molecule has 0 amide bonds. The van der Waals surface area contributed by atoms with Gasteiger partial charge in [-0.25, -0.2) is 4.98 Å². The number of hydrogen-bond acceptors (Lipinski definition) is 3. The number of nitrogens with zero attached hydrogens (tertiary/aromatic N) is 3. The predicted molar refractivity (Wildman–Crippen MR) is 79.7 cm³/mol. The lowest BCUT2D eigenvalue weighted by Crippen LogP contribution is -2.22. The Hall–Kier alpha value is -2.36. The number of fused-ring (bicyclic) bond motifs is 2. The molecule has 0 unspecified atom stereocenters. The molecule has 2 aromatic heterocycles. The standard InChI is InChI=1S/C16H16N4/c1-2-5-13-11-20(9-3-6-12(13)4-1)15-7-8-17-16-14(15)10-18-19-16/h1-2,4-5,7-8,10H,3,6,9,11H2,(H,17,18,19). The van der Waals surface area contributed by atoms with E-state index in [2.05, 4.69) is 50.4 Å². The fourth-order valence-corrected chi connectivity index (χ4v) is 3.02. The third-order valence-corrected chi connectivity index (χ3v) is 4.03. The highest BCUT2D eigenvalue weighted by atomic mass is 15.2. The van der Waals surface area contributed by atoms with Crippen molar-refractivity contribution in [2.75, 3.05) is 11.4 Å². The molecule has 4 nitrogen and oxygen atoms in total. The van der Waals surface area contributed by atoms with Crippen LogP contribution in [0.5, 0.6) is 0 Å². The number of nitrogens with one attached hydrogen (secondary N) is 1. The SMILES string of the molecule is c1ccc2c(c1)CCCN(c1ccnc3[nH]ncc13)C2. The van der Waals surface area contributed by atoms with E-state index in [0.29, 0.717) is 0 Å². The molecule has 3 aromatic rings. The maximum absolute atomic E-state index is 4.32. The third-order valence-electron chi connectivity index (χ3n) is 4.03. The van der Waals surface area contributed by atoms with E-state index in [9.17, 15) is 0 Å². The van der Waals surface area contributed by atoms with E-state index in [4.69, 9.17) is 0 Å². The summed E-state index contributed by atoms with van der Waals surface area (Å²) in [6, 6.07) is 10.8. The van der Waals surface area contributed by atoms with Crippen LogP contribution in [0, 0.1) is 0 Å². The van der Waals surface area contributed by atoms with Crippen LogP contribution in [0.4, 0.5) is 5.69 Å². The molecule has 1 aliphatic heterocycles. The Morgan fingerprint density at radius 3 is 2.95 bits per heavy atom. The van der Waals surface area contributed by atoms with E-state index in [-0.39, 0.29) is 0 Å². The fraction of sp³-hybridized carbons (Fsp3) is 0.250. The van der Waals surface area contributed by atoms with E-state index < -0.39 is 0 Å². The second kappa shape index (κ2) is 4.63. The molecule has 0 atom stereocenters. The van der Waals surface area contributed by atoms with Gasteiger partial charge in [-0.05, 0) is 30.0 Å². The summed E-state index contributed by atoms with van der Waals surface area (Å²) in [5.41, 5.74) is 4.99. The molecule has 100 valence electrons. The second-order valence-electron chi connectivity index (χ2n) is 5.26. The van der Waals surface area contributed by atoms with Gasteiger partial charge in [0.15, 0.2) is 5.65 Å². The van der Waals surface area contributed by atoms with Gasteiger partial charge in [0.25, 0.3) is 0 Å². The Morgan fingerprint density at radius 2 is 2.00 bits per heavy atom. The molecule has 20 heavy (non-hydrogen) atoms. The lowest BCUT2D eigenvalue weighted by Gasteiger charge is -2.23. The van der Waals surface area contributed by atoms with Crippen LogP contribution < -0.4 is 4.90 Å². The first kappa shape index (κ1) is 11.5. The molecule has 4 heteroatoms. The zero-order chi connectivity index (χ0) is 13.4. The molecule has 0 radical (unpaired) electrons. The Kier molecular flexibility index (Phi) is 2.66. The molecule has 1 N–H and O–H groups in total. The largest absolute Gasteiger partial charge is 0.366 e. The van der Waals surface area contributed by atoms with E-state index in [1.54, 1.807) is 0 Å². The van der Waals surface area contributed by atoms with Crippen molar-refractivity contribution >= 4 is 16.7 Å². The Morgan fingerprint density at radius 1 is 1.10 bits per heavy atom. The lowest BCUT2D eigenvalue weighted by atomic mass is 10.0. The minimum atomic E-state index is 0.861. The van der Waals surface area contributed by atoms with Gasteiger partial charge in [-0.15, -0.1) is 0 Å². The normalized spacial score (nSPS) is 15.1. The quantitative estimate of drug-likeness (QED) is 0.735. The Bertz CT molecular complexity index is 747. The van der Waals surface area contributed by atoms with E-state index >= 15 is 0 Å². The number of rotatable bonds is 1. The average molecular weight is 264 g/mol. The average Bonchev–Trinajstić information content (AvgIpc) is 2.86. The number of aryl methyl sites for hydroxylation is 1. The molecular weight excluding hydrogens is 248 g/mol. The van der Waals surface area contributed by atoms with Crippen LogP contribution in [-0.4, -0.2) is 21.7 Å². The first-order chi connectivity index (χ1) is 9.92. The monoisotopic (exact) mass is 264 g/mol. The van der Waals surface area contributed by atoms with Crippen LogP contribution in [0.25, 0.3) is 11.0 Å². The molecule has 3 heterocycles. The zero-order valence-electron chi connectivity index (χ0n) is 11.2. The number of aromatic amines is 1. The maximum atomic E-state index is 4.32. The first-order valence-corrected chi connectivity index (χ1v) is 7.01. The highest BCUT2D eigenvalue weighted by Gasteiger charge is 2.16. The van der Waals surface area contributed by atoms with E-state index in [1.807, 2.05) is 12.4 Å². The van der Waals surface area contributed by atoms with Crippen molar-refractivity contribution < 1.29 is 0 Å². The molecular formula is C16H16N4. The third kappa shape index (κ3) is 1.84. The van der Waals surface area contributed by atoms with Crippen LogP contribution in [0.3, 0.4) is 0 Å². The Balaban J connectivity index is 1.77. The van der Waals surface area contributed by atoms with Crippen LogP contribution in [0.1, 0.15) is 17.5 Å². The zero-order valence-corrected chi connectivity index (χ0v) is 11.2. The van der Waals surface area contributed by atoms with Crippen molar-refractivity contribution in [2.24, 2.45) is 0 Å². The number of anilines is 1. The van der Waals surface area contributed by atoms with Crippen molar-refractivity contribution in [3.05, 3.63) is 53.9 Å². The highest BCUT2D eigenvalue weighted by Crippen LogP contribution is 2.28.